The SMILES string of the molecule is Cn1cc(-c2cc(=O)n(CC3(O)CCN(C(=O)NCc4ccccc4)CC34CCCC4)cn2)cn1. The van der Waals surface area contributed by atoms with E-state index < -0.39 is 11.0 Å². The Morgan fingerprint density at radius 1 is 1.17 bits per heavy atom. The molecule has 1 aromatic carbocycles. The van der Waals surface area contributed by atoms with Crippen LogP contribution in [0.3, 0.4) is 0 Å². The molecule has 35 heavy (non-hydrogen) atoms. The van der Waals surface area contributed by atoms with E-state index in [4.69, 9.17) is 0 Å². The van der Waals surface area contributed by atoms with Crippen LogP contribution in [0.5, 0.6) is 0 Å². The molecule has 0 bridgehead atoms. The first-order valence-electron chi connectivity index (χ1n) is 12.2. The van der Waals surface area contributed by atoms with Gasteiger partial charge in [0.05, 0.1) is 30.4 Å². The average Bonchev–Trinajstić information content (AvgIpc) is 3.51. The van der Waals surface area contributed by atoms with Gasteiger partial charge in [0.1, 0.15) is 0 Å². The fourth-order valence-corrected chi connectivity index (χ4v) is 5.70. The smallest absolute Gasteiger partial charge is 0.317 e. The predicted molar refractivity (Wildman–Crippen MR) is 131 cm³/mol. The van der Waals surface area contributed by atoms with E-state index in [1.807, 2.05) is 48.5 Å². The molecule has 1 aliphatic heterocycles. The van der Waals surface area contributed by atoms with Crippen molar-refractivity contribution in [2.45, 2.75) is 50.8 Å². The van der Waals surface area contributed by atoms with E-state index in [-0.39, 0.29) is 18.1 Å². The maximum Gasteiger partial charge on any atom is 0.317 e. The highest BCUT2D eigenvalue weighted by Crippen LogP contribution is 2.51. The lowest BCUT2D eigenvalue weighted by Gasteiger charge is -2.52. The minimum absolute atomic E-state index is 0.109. The second-order valence-corrected chi connectivity index (χ2v) is 9.98. The van der Waals surface area contributed by atoms with Gasteiger partial charge in [-0.2, -0.15) is 5.10 Å². The van der Waals surface area contributed by atoms with Crippen molar-refractivity contribution in [2.24, 2.45) is 12.5 Å². The summed E-state index contributed by atoms with van der Waals surface area (Å²) in [5.74, 6) is 0. The van der Waals surface area contributed by atoms with Crippen molar-refractivity contribution in [3.05, 3.63) is 71.0 Å². The number of carbonyl (C=O) groups is 1. The molecule has 9 heteroatoms. The first-order valence-corrected chi connectivity index (χ1v) is 12.2. The normalized spacial score (nSPS) is 21.4. The van der Waals surface area contributed by atoms with E-state index in [1.54, 1.807) is 10.9 Å². The molecule has 184 valence electrons. The van der Waals surface area contributed by atoms with Gasteiger partial charge in [-0.3, -0.25) is 14.0 Å². The summed E-state index contributed by atoms with van der Waals surface area (Å²) in [7, 11) is 1.82. The minimum Gasteiger partial charge on any atom is -0.387 e. The fraction of sp³-hybridized carbons (Fsp3) is 0.462. The summed E-state index contributed by atoms with van der Waals surface area (Å²) < 4.78 is 3.17. The second kappa shape index (κ2) is 9.30. The molecule has 3 aromatic rings. The van der Waals surface area contributed by atoms with Crippen LogP contribution in [0.2, 0.25) is 0 Å². The largest absolute Gasteiger partial charge is 0.387 e. The van der Waals surface area contributed by atoms with Crippen LogP contribution in [0.4, 0.5) is 4.79 Å². The number of aromatic nitrogens is 4. The van der Waals surface area contributed by atoms with Crippen LogP contribution < -0.4 is 10.9 Å². The lowest BCUT2D eigenvalue weighted by atomic mass is 9.66. The van der Waals surface area contributed by atoms with E-state index in [9.17, 15) is 14.7 Å². The highest BCUT2D eigenvalue weighted by atomic mass is 16.3. The van der Waals surface area contributed by atoms with Crippen molar-refractivity contribution in [2.75, 3.05) is 13.1 Å². The van der Waals surface area contributed by atoms with Crippen molar-refractivity contribution in [3.63, 3.8) is 0 Å². The Morgan fingerprint density at radius 2 is 1.94 bits per heavy atom. The zero-order valence-electron chi connectivity index (χ0n) is 20.1. The summed E-state index contributed by atoms with van der Waals surface area (Å²) in [6, 6.07) is 11.2. The number of urea groups is 1. The lowest BCUT2D eigenvalue weighted by Crippen LogP contribution is -2.63. The van der Waals surface area contributed by atoms with Gasteiger partial charge >= 0.3 is 6.03 Å². The van der Waals surface area contributed by atoms with Gasteiger partial charge in [0.25, 0.3) is 5.56 Å². The highest BCUT2D eigenvalue weighted by Gasteiger charge is 2.55. The van der Waals surface area contributed by atoms with Gasteiger partial charge in [0, 0.05) is 49.9 Å². The monoisotopic (exact) mass is 476 g/mol. The fourth-order valence-electron chi connectivity index (χ4n) is 5.70. The summed E-state index contributed by atoms with van der Waals surface area (Å²) >= 11 is 0. The molecule has 2 fully saturated rings. The molecule has 1 unspecified atom stereocenters. The molecular weight excluding hydrogens is 444 g/mol. The third kappa shape index (κ3) is 4.60. The number of nitrogens with zero attached hydrogens (tertiary/aromatic N) is 5. The van der Waals surface area contributed by atoms with Gasteiger partial charge < -0.3 is 15.3 Å². The zero-order valence-corrected chi connectivity index (χ0v) is 20.1. The first-order chi connectivity index (χ1) is 16.9. The summed E-state index contributed by atoms with van der Waals surface area (Å²) in [5, 5.41) is 19.1. The maximum atomic E-state index is 13.0. The number of carbonyl (C=O) groups excluding carboxylic acids is 1. The minimum atomic E-state index is -1.08. The van der Waals surface area contributed by atoms with E-state index in [0.717, 1.165) is 36.8 Å². The molecule has 0 radical (unpaired) electrons. The van der Waals surface area contributed by atoms with Crippen LogP contribution in [0.15, 0.2) is 59.9 Å². The van der Waals surface area contributed by atoms with Gasteiger partial charge in [-0.05, 0) is 24.8 Å². The molecule has 9 nitrogen and oxygen atoms in total. The number of piperidine rings is 1. The van der Waals surface area contributed by atoms with Crippen LogP contribution in [0.25, 0.3) is 11.3 Å². The number of aliphatic hydroxyl groups is 1. The molecule has 2 aliphatic rings. The van der Waals surface area contributed by atoms with Crippen LogP contribution in [-0.4, -0.2) is 54.1 Å². The molecule has 1 atom stereocenters. The van der Waals surface area contributed by atoms with E-state index in [2.05, 4.69) is 15.4 Å². The van der Waals surface area contributed by atoms with Crippen LogP contribution >= 0.6 is 0 Å². The summed E-state index contributed by atoms with van der Waals surface area (Å²) in [4.78, 5) is 32.2. The Bertz CT molecular complexity index is 1250. The molecular formula is C26H32N6O3. The highest BCUT2D eigenvalue weighted by molar-refractivity contribution is 5.74. The third-order valence-corrected chi connectivity index (χ3v) is 7.72. The van der Waals surface area contributed by atoms with Crippen molar-refractivity contribution in [3.8, 4) is 11.3 Å². The molecule has 2 N–H and O–H groups in total. The Hall–Kier alpha value is -3.46. The first kappa shape index (κ1) is 23.3. The summed E-state index contributed by atoms with van der Waals surface area (Å²) in [6.07, 6.45) is 9.11. The number of rotatable bonds is 5. The molecule has 3 heterocycles. The number of hydrogen-bond acceptors (Lipinski definition) is 5. The van der Waals surface area contributed by atoms with E-state index in [0.29, 0.717) is 31.7 Å². The topological polar surface area (TPSA) is 105 Å². The van der Waals surface area contributed by atoms with Crippen molar-refractivity contribution < 1.29 is 9.90 Å². The third-order valence-electron chi connectivity index (χ3n) is 7.72. The summed E-state index contributed by atoms with van der Waals surface area (Å²) in [5.41, 5.74) is 0.664. The molecule has 5 rings (SSSR count). The average molecular weight is 477 g/mol. The van der Waals surface area contributed by atoms with Gasteiger partial charge in [-0.15, -0.1) is 0 Å². The molecule has 1 saturated carbocycles. The molecule has 2 aromatic heterocycles. The standard InChI is InChI=1S/C26H32N6O3/c1-30-16-21(15-29-30)22-13-23(33)32(19-28-22)18-26(35)11-12-31(17-25(26)9-5-6-10-25)24(34)27-14-20-7-3-2-4-8-20/h2-4,7-8,13,15-16,19,35H,5-6,9-12,14,17-18H2,1H3,(H,27,34). The van der Waals surface area contributed by atoms with Gasteiger partial charge in [-0.25, -0.2) is 9.78 Å². The lowest BCUT2D eigenvalue weighted by molar-refractivity contribution is -0.135. The van der Waals surface area contributed by atoms with Gasteiger partial charge in [0.2, 0.25) is 0 Å². The van der Waals surface area contributed by atoms with Crippen LogP contribution in [0.1, 0.15) is 37.7 Å². The summed E-state index contributed by atoms with van der Waals surface area (Å²) in [6.45, 7) is 1.57. The predicted octanol–water partition coefficient (Wildman–Crippen LogP) is 2.55. The van der Waals surface area contributed by atoms with E-state index in [1.165, 1.54) is 17.0 Å². The van der Waals surface area contributed by atoms with Crippen LogP contribution in [0, 0.1) is 5.41 Å². The molecule has 1 aliphatic carbocycles. The number of nitrogens with one attached hydrogen (secondary N) is 1. The van der Waals surface area contributed by atoms with Crippen LogP contribution in [-0.2, 0) is 20.1 Å². The number of hydrogen-bond donors (Lipinski definition) is 2. The Kier molecular flexibility index (Phi) is 6.19. The number of likely N-dealkylation sites (tertiary alicyclic amines) is 1. The Labute approximate surface area is 204 Å². The van der Waals surface area contributed by atoms with Crippen molar-refractivity contribution >= 4 is 6.03 Å². The number of aryl methyl sites for hydroxylation is 1. The van der Waals surface area contributed by atoms with E-state index >= 15 is 0 Å². The second-order valence-electron chi connectivity index (χ2n) is 9.98. The molecule has 1 saturated heterocycles. The zero-order chi connectivity index (χ0) is 24.5. The quantitative estimate of drug-likeness (QED) is 0.589. The van der Waals surface area contributed by atoms with Crippen molar-refractivity contribution in [1.82, 2.24) is 29.5 Å². The van der Waals surface area contributed by atoms with Gasteiger partial charge in [-0.1, -0.05) is 43.2 Å². The molecule has 1 spiro atoms. The Balaban J connectivity index is 1.31. The molecule has 2 amide bonds. The number of benzene rings is 1. The number of amides is 2. The van der Waals surface area contributed by atoms with Gasteiger partial charge in [0.15, 0.2) is 0 Å². The maximum absolute atomic E-state index is 13.0. The Morgan fingerprint density at radius 3 is 2.63 bits per heavy atom. The van der Waals surface area contributed by atoms with Crippen molar-refractivity contribution in [1.29, 1.82) is 0 Å².